The molecule has 2 aromatic carbocycles. The van der Waals surface area contributed by atoms with Crippen molar-refractivity contribution in [3.05, 3.63) is 75.5 Å². The normalized spacial score (nSPS) is 10.5. The van der Waals surface area contributed by atoms with Crippen molar-refractivity contribution in [2.45, 2.75) is 13.5 Å². The fraction of sp³-hybridized carbons (Fsp3) is 0.158. The van der Waals surface area contributed by atoms with E-state index in [1.54, 1.807) is 50.4 Å². The zero-order valence-corrected chi connectivity index (χ0v) is 14.3. The molecule has 7 nitrogen and oxygen atoms in total. The number of nitro groups is 1. The second kappa shape index (κ2) is 7.18. The summed E-state index contributed by atoms with van der Waals surface area (Å²) in [6.45, 7) is 1.52. The van der Waals surface area contributed by atoms with Crippen LogP contribution in [-0.2, 0) is 11.3 Å². The maximum Gasteiger partial charge on any atom is 0.340 e. The molecule has 0 saturated carbocycles. The van der Waals surface area contributed by atoms with Crippen LogP contribution in [0.2, 0.25) is 0 Å². The van der Waals surface area contributed by atoms with Crippen molar-refractivity contribution in [1.82, 2.24) is 4.98 Å². The van der Waals surface area contributed by atoms with Gasteiger partial charge in [0.25, 0.3) is 5.69 Å². The summed E-state index contributed by atoms with van der Waals surface area (Å²) in [4.78, 5) is 27.4. The van der Waals surface area contributed by atoms with E-state index in [1.165, 1.54) is 6.07 Å². The Bertz CT molecular complexity index is 1000. The highest BCUT2D eigenvalue weighted by Gasteiger charge is 2.17. The highest BCUT2D eigenvalue weighted by Crippen LogP contribution is 2.23. The number of pyridine rings is 1. The maximum atomic E-state index is 12.5. The molecule has 0 radical (unpaired) electrons. The van der Waals surface area contributed by atoms with E-state index in [9.17, 15) is 14.9 Å². The molecule has 1 aromatic heterocycles. The number of nitrogens with zero attached hydrogens (tertiary/aromatic N) is 2. The van der Waals surface area contributed by atoms with E-state index in [0.29, 0.717) is 22.6 Å². The van der Waals surface area contributed by atoms with Gasteiger partial charge in [-0.25, -0.2) is 4.79 Å². The van der Waals surface area contributed by atoms with Crippen molar-refractivity contribution < 1.29 is 19.2 Å². The minimum atomic E-state index is -0.585. The molecule has 3 rings (SSSR count). The number of fused-ring (bicyclic) bond motifs is 1. The van der Waals surface area contributed by atoms with Gasteiger partial charge in [0.1, 0.15) is 12.4 Å². The third kappa shape index (κ3) is 3.46. The van der Waals surface area contributed by atoms with Crippen LogP contribution in [-0.4, -0.2) is 23.0 Å². The van der Waals surface area contributed by atoms with E-state index in [4.69, 9.17) is 9.47 Å². The van der Waals surface area contributed by atoms with E-state index in [-0.39, 0.29) is 12.3 Å². The first kappa shape index (κ1) is 17.3. The van der Waals surface area contributed by atoms with Gasteiger partial charge in [0, 0.05) is 11.5 Å². The standard InChI is InChI=1S/C19H16N2O5/c1-12-16(10-14-9-15(25-2)7-8-17(14)20-12)19(22)26-11-13-5-3-4-6-18(13)21(23)24/h3-10H,11H2,1-2H3. The first-order valence-corrected chi connectivity index (χ1v) is 7.84. The van der Waals surface area contributed by atoms with Crippen molar-refractivity contribution in [2.24, 2.45) is 0 Å². The minimum Gasteiger partial charge on any atom is -0.497 e. The largest absolute Gasteiger partial charge is 0.497 e. The van der Waals surface area contributed by atoms with Gasteiger partial charge in [0.2, 0.25) is 0 Å². The molecule has 0 atom stereocenters. The molecule has 0 N–H and O–H groups in total. The lowest BCUT2D eigenvalue weighted by Crippen LogP contribution is -2.09. The number of methoxy groups -OCH3 is 1. The van der Waals surface area contributed by atoms with Crippen LogP contribution in [0.25, 0.3) is 10.9 Å². The first-order valence-electron chi connectivity index (χ1n) is 7.84. The molecule has 0 aliphatic rings. The number of benzene rings is 2. The van der Waals surface area contributed by atoms with Crippen molar-refractivity contribution >= 4 is 22.6 Å². The van der Waals surface area contributed by atoms with E-state index in [1.807, 2.05) is 6.07 Å². The number of carbonyl (C=O) groups is 1. The molecule has 0 aliphatic carbocycles. The van der Waals surface area contributed by atoms with Gasteiger partial charge >= 0.3 is 5.97 Å². The summed E-state index contributed by atoms with van der Waals surface area (Å²) in [6, 6.07) is 13.2. The van der Waals surface area contributed by atoms with Gasteiger partial charge in [0.05, 0.1) is 34.4 Å². The van der Waals surface area contributed by atoms with Crippen molar-refractivity contribution in [2.75, 3.05) is 7.11 Å². The average molecular weight is 352 g/mol. The molecule has 0 saturated heterocycles. The number of hydrogen-bond donors (Lipinski definition) is 0. The lowest BCUT2D eigenvalue weighted by molar-refractivity contribution is -0.385. The molecular weight excluding hydrogens is 336 g/mol. The number of esters is 1. The monoisotopic (exact) mass is 352 g/mol. The zero-order valence-electron chi connectivity index (χ0n) is 14.3. The van der Waals surface area contributed by atoms with E-state index in [0.717, 1.165) is 10.9 Å². The van der Waals surface area contributed by atoms with E-state index < -0.39 is 10.9 Å². The fourth-order valence-electron chi connectivity index (χ4n) is 2.62. The molecule has 0 bridgehead atoms. The van der Waals surface area contributed by atoms with Gasteiger partial charge in [0.15, 0.2) is 0 Å². The van der Waals surface area contributed by atoms with E-state index in [2.05, 4.69) is 4.98 Å². The number of rotatable bonds is 5. The maximum absolute atomic E-state index is 12.5. The Hall–Kier alpha value is -3.48. The summed E-state index contributed by atoms with van der Waals surface area (Å²) in [5.41, 5.74) is 1.82. The predicted molar refractivity (Wildman–Crippen MR) is 95.2 cm³/mol. The van der Waals surface area contributed by atoms with Gasteiger partial charge in [-0.2, -0.15) is 0 Å². The SMILES string of the molecule is COc1ccc2nc(C)c(C(=O)OCc3ccccc3[N+](=O)[O-])cc2c1. The third-order valence-corrected chi connectivity index (χ3v) is 3.98. The van der Waals surface area contributed by atoms with Crippen LogP contribution in [0.1, 0.15) is 21.6 Å². The Balaban J connectivity index is 1.86. The Kier molecular flexibility index (Phi) is 4.79. The zero-order chi connectivity index (χ0) is 18.7. The molecular formula is C19H16N2O5. The van der Waals surface area contributed by atoms with Gasteiger partial charge in [-0.05, 0) is 37.3 Å². The van der Waals surface area contributed by atoms with Crippen molar-refractivity contribution in [3.63, 3.8) is 0 Å². The number of aryl methyl sites for hydroxylation is 1. The summed E-state index contributed by atoms with van der Waals surface area (Å²) < 4.78 is 10.5. The molecule has 132 valence electrons. The smallest absolute Gasteiger partial charge is 0.340 e. The van der Waals surface area contributed by atoms with Gasteiger partial charge in [-0.15, -0.1) is 0 Å². The number of aromatic nitrogens is 1. The first-order chi connectivity index (χ1) is 12.5. The topological polar surface area (TPSA) is 91.6 Å². The Morgan fingerprint density at radius 1 is 1.19 bits per heavy atom. The molecule has 0 amide bonds. The summed E-state index contributed by atoms with van der Waals surface area (Å²) in [6.07, 6.45) is 0. The number of hydrogen-bond acceptors (Lipinski definition) is 6. The lowest BCUT2D eigenvalue weighted by atomic mass is 10.1. The summed E-state index contributed by atoms with van der Waals surface area (Å²) in [5, 5.41) is 11.8. The molecule has 0 spiro atoms. The molecule has 0 fully saturated rings. The Morgan fingerprint density at radius 2 is 1.96 bits per heavy atom. The fourth-order valence-corrected chi connectivity index (χ4v) is 2.62. The second-order valence-corrected chi connectivity index (χ2v) is 5.64. The molecule has 0 unspecified atom stereocenters. The van der Waals surface area contributed by atoms with Gasteiger partial charge in [-0.3, -0.25) is 15.1 Å². The Morgan fingerprint density at radius 3 is 2.69 bits per heavy atom. The van der Waals surface area contributed by atoms with Crippen LogP contribution in [0.5, 0.6) is 5.75 Å². The third-order valence-electron chi connectivity index (χ3n) is 3.98. The summed E-state index contributed by atoms with van der Waals surface area (Å²) in [5.74, 6) is 0.0697. The minimum absolute atomic E-state index is 0.0848. The van der Waals surface area contributed by atoms with Gasteiger partial charge < -0.3 is 9.47 Å². The van der Waals surface area contributed by atoms with Gasteiger partial charge in [-0.1, -0.05) is 12.1 Å². The van der Waals surface area contributed by atoms with Crippen LogP contribution in [0.3, 0.4) is 0 Å². The lowest BCUT2D eigenvalue weighted by Gasteiger charge is -2.09. The highest BCUT2D eigenvalue weighted by molar-refractivity contribution is 5.95. The van der Waals surface area contributed by atoms with Crippen molar-refractivity contribution in [3.8, 4) is 5.75 Å². The quantitative estimate of drug-likeness (QED) is 0.394. The van der Waals surface area contributed by atoms with Crippen LogP contribution in [0, 0.1) is 17.0 Å². The number of ether oxygens (including phenoxy) is 2. The predicted octanol–water partition coefficient (Wildman–Crippen LogP) is 3.82. The molecule has 0 aliphatic heterocycles. The highest BCUT2D eigenvalue weighted by atomic mass is 16.6. The van der Waals surface area contributed by atoms with Crippen LogP contribution in [0.15, 0.2) is 48.5 Å². The Labute approximate surface area is 149 Å². The summed E-state index contributed by atoms with van der Waals surface area (Å²) in [7, 11) is 1.56. The molecule has 1 heterocycles. The number of nitro benzene ring substituents is 1. The molecule has 7 heteroatoms. The number of carbonyl (C=O) groups excluding carboxylic acids is 1. The van der Waals surface area contributed by atoms with Crippen LogP contribution < -0.4 is 4.74 Å². The van der Waals surface area contributed by atoms with Crippen LogP contribution in [0.4, 0.5) is 5.69 Å². The second-order valence-electron chi connectivity index (χ2n) is 5.64. The molecule has 26 heavy (non-hydrogen) atoms. The average Bonchev–Trinajstić information content (AvgIpc) is 2.65. The number of para-hydroxylation sites is 1. The van der Waals surface area contributed by atoms with Crippen molar-refractivity contribution in [1.29, 1.82) is 0 Å². The molecule has 3 aromatic rings. The van der Waals surface area contributed by atoms with E-state index >= 15 is 0 Å². The van der Waals surface area contributed by atoms with Crippen LogP contribution >= 0.6 is 0 Å². The summed E-state index contributed by atoms with van der Waals surface area (Å²) >= 11 is 0.